The molecule has 3 aromatic heterocycles. The van der Waals surface area contributed by atoms with Gasteiger partial charge in [0.1, 0.15) is 5.75 Å². The molecule has 3 aromatic rings. The Morgan fingerprint density at radius 2 is 1.94 bits per heavy atom. The SMILES string of the molecule is CCC(CCC(F)F)NC(=O)N(CC)Cc1cc(-c2cn3cc(C)nc3c(OC)n2)c(OC)cn1. The molecule has 0 radical (unpaired) electrons. The van der Waals surface area contributed by atoms with Crippen LogP contribution in [0.1, 0.15) is 44.5 Å². The smallest absolute Gasteiger partial charge is 0.317 e. The zero-order valence-electron chi connectivity index (χ0n) is 20.7. The van der Waals surface area contributed by atoms with Crippen molar-refractivity contribution in [3.05, 3.63) is 36.0 Å². The number of methoxy groups -OCH3 is 2. The number of amides is 2. The summed E-state index contributed by atoms with van der Waals surface area (Å²) in [5, 5.41) is 2.86. The molecule has 11 heteroatoms. The predicted octanol–water partition coefficient (Wildman–Crippen LogP) is 4.47. The van der Waals surface area contributed by atoms with E-state index in [-0.39, 0.29) is 31.5 Å². The van der Waals surface area contributed by atoms with Crippen molar-refractivity contribution < 1.29 is 23.0 Å². The summed E-state index contributed by atoms with van der Waals surface area (Å²) in [6, 6.07) is 1.19. The van der Waals surface area contributed by atoms with E-state index in [9.17, 15) is 13.6 Å². The molecule has 1 unspecified atom stereocenters. The molecule has 35 heavy (non-hydrogen) atoms. The minimum atomic E-state index is -2.39. The van der Waals surface area contributed by atoms with Crippen LogP contribution < -0.4 is 14.8 Å². The van der Waals surface area contributed by atoms with Gasteiger partial charge in [0.25, 0.3) is 5.88 Å². The Kier molecular flexibility index (Phi) is 8.78. The van der Waals surface area contributed by atoms with Gasteiger partial charge in [-0.3, -0.25) is 4.98 Å². The zero-order chi connectivity index (χ0) is 25.5. The number of hydrogen-bond acceptors (Lipinski definition) is 6. The summed E-state index contributed by atoms with van der Waals surface area (Å²) in [6.45, 7) is 6.26. The molecule has 0 aliphatic carbocycles. The third-order valence-electron chi connectivity index (χ3n) is 5.72. The molecule has 3 rings (SSSR count). The highest BCUT2D eigenvalue weighted by Crippen LogP contribution is 2.31. The van der Waals surface area contributed by atoms with Gasteiger partial charge in [0.15, 0.2) is 0 Å². The number of pyridine rings is 1. The first-order chi connectivity index (χ1) is 16.8. The summed E-state index contributed by atoms with van der Waals surface area (Å²) in [6.07, 6.45) is 3.47. The number of halogens is 2. The zero-order valence-corrected chi connectivity index (χ0v) is 20.7. The van der Waals surface area contributed by atoms with Crippen molar-refractivity contribution in [1.82, 2.24) is 29.6 Å². The molecule has 1 atom stereocenters. The molecule has 0 saturated carbocycles. The Labute approximate surface area is 203 Å². The number of nitrogens with zero attached hydrogens (tertiary/aromatic N) is 5. The van der Waals surface area contributed by atoms with Gasteiger partial charge in [-0.05, 0) is 32.8 Å². The van der Waals surface area contributed by atoms with E-state index in [1.807, 2.05) is 43.6 Å². The van der Waals surface area contributed by atoms with Gasteiger partial charge in [0.05, 0.1) is 44.0 Å². The molecule has 190 valence electrons. The first-order valence-electron chi connectivity index (χ1n) is 11.6. The van der Waals surface area contributed by atoms with Gasteiger partial charge in [-0.15, -0.1) is 0 Å². The number of carbonyl (C=O) groups excluding carboxylic acids is 1. The van der Waals surface area contributed by atoms with Crippen LogP contribution in [0, 0.1) is 6.92 Å². The van der Waals surface area contributed by atoms with Crippen molar-refractivity contribution in [1.29, 1.82) is 0 Å². The highest BCUT2D eigenvalue weighted by Gasteiger charge is 2.20. The molecule has 0 fully saturated rings. The summed E-state index contributed by atoms with van der Waals surface area (Å²) in [5.41, 5.74) is 3.34. The summed E-state index contributed by atoms with van der Waals surface area (Å²) in [4.78, 5) is 27.9. The second kappa shape index (κ2) is 11.8. The van der Waals surface area contributed by atoms with E-state index in [0.29, 0.717) is 47.2 Å². The van der Waals surface area contributed by atoms with Crippen molar-refractivity contribution in [3.63, 3.8) is 0 Å². The van der Waals surface area contributed by atoms with Crippen LogP contribution in [0.3, 0.4) is 0 Å². The van der Waals surface area contributed by atoms with Crippen LogP contribution in [0.5, 0.6) is 11.6 Å². The third kappa shape index (κ3) is 6.34. The molecule has 9 nitrogen and oxygen atoms in total. The number of carbonyl (C=O) groups is 1. The van der Waals surface area contributed by atoms with E-state index in [2.05, 4.69) is 20.3 Å². The second-order valence-electron chi connectivity index (χ2n) is 8.16. The minimum Gasteiger partial charge on any atom is -0.494 e. The monoisotopic (exact) mass is 490 g/mol. The Morgan fingerprint density at radius 3 is 2.57 bits per heavy atom. The van der Waals surface area contributed by atoms with Crippen LogP contribution in [0.4, 0.5) is 13.6 Å². The quantitative estimate of drug-likeness (QED) is 0.426. The first-order valence-corrected chi connectivity index (χ1v) is 11.6. The maximum Gasteiger partial charge on any atom is 0.317 e. The number of urea groups is 1. The van der Waals surface area contributed by atoms with Crippen LogP contribution in [-0.4, -0.2) is 63.5 Å². The van der Waals surface area contributed by atoms with Crippen molar-refractivity contribution in [2.75, 3.05) is 20.8 Å². The van der Waals surface area contributed by atoms with Crippen molar-refractivity contribution in [2.24, 2.45) is 0 Å². The van der Waals surface area contributed by atoms with E-state index >= 15 is 0 Å². The first kappa shape index (κ1) is 26.1. The molecular formula is C24H32F2N6O3. The van der Waals surface area contributed by atoms with E-state index < -0.39 is 6.43 Å². The van der Waals surface area contributed by atoms with E-state index in [4.69, 9.17) is 9.47 Å². The number of nitrogens with one attached hydrogen (secondary N) is 1. The van der Waals surface area contributed by atoms with Crippen molar-refractivity contribution >= 4 is 11.7 Å². The average molecular weight is 491 g/mol. The second-order valence-corrected chi connectivity index (χ2v) is 8.16. The molecular weight excluding hydrogens is 458 g/mol. The number of imidazole rings is 1. The Bertz CT molecular complexity index is 1150. The number of aryl methyl sites for hydroxylation is 1. The highest BCUT2D eigenvalue weighted by atomic mass is 19.3. The van der Waals surface area contributed by atoms with Crippen LogP contribution >= 0.6 is 0 Å². The lowest BCUT2D eigenvalue weighted by atomic mass is 10.1. The molecule has 0 saturated heterocycles. The fourth-order valence-corrected chi connectivity index (χ4v) is 3.79. The molecule has 2 amide bonds. The number of rotatable bonds is 11. The molecule has 0 spiro atoms. The van der Waals surface area contributed by atoms with E-state index in [1.54, 1.807) is 18.2 Å². The number of ether oxygens (including phenoxy) is 2. The largest absolute Gasteiger partial charge is 0.494 e. The van der Waals surface area contributed by atoms with Crippen molar-refractivity contribution in [2.45, 2.75) is 59.0 Å². The number of aromatic nitrogens is 4. The van der Waals surface area contributed by atoms with Gasteiger partial charge in [-0.1, -0.05) is 6.92 Å². The van der Waals surface area contributed by atoms with Crippen molar-refractivity contribution in [3.8, 4) is 22.9 Å². The Balaban J connectivity index is 1.86. The standard InChI is InChI=1S/C24H32F2N6O3/c1-6-16(8-9-21(25)26)29-24(33)31(7-2)13-17-10-18(20(34-4)11-27-17)19-14-32-12-15(3)28-22(32)23(30-19)35-5/h10-12,14,16,21H,6-9,13H2,1-5H3,(H,29,33). The molecule has 0 bridgehead atoms. The lowest BCUT2D eigenvalue weighted by Gasteiger charge is -2.25. The topological polar surface area (TPSA) is 93.9 Å². The maximum absolute atomic E-state index is 12.8. The molecule has 0 aliphatic rings. The minimum absolute atomic E-state index is 0.228. The fraction of sp³-hybridized carbons (Fsp3) is 0.500. The number of fused-ring (bicyclic) bond motifs is 1. The number of hydrogen-bond donors (Lipinski definition) is 1. The molecule has 3 heterocycles. The lowest BCUT2D eigenvalue weighted by molar-refractivity contribution is 0.128. The van der Waals surface area contributed by atoms with E-state index in [0.717, 1.165) is 5.69 Å². The maximum atomic E-state index is 12.8. The molecule has 1 N–H and O–H groups in total. The van der Waals surface area contributed by atoms with Gasteiger partial charge in [0.2, 0.25) is 12.1 Å². The summed E-state index contributed by atoms with van der Waals surface area (Å²) < 4.78 is 38.0. The van der Waals surface area contributed by atoms with Crippen LogP contribution in [0.25, 0.3) is 16.9 Å². The Morgan fingerprint density at radius 1 is 1.17 bits per heavy atom. The summed E-state index contributed by atoms with van der Waals surface area (Å²) in [7, 11) is 3.08. The average Bonchev–Trinajstić information content (AvgIpc) is 3.24. The van der Waals surface area contributed by atoms with Gasteiger partial charge in [0, 0.05) is 37.0 Å². The fourth-order valence-electron chi connectivity index (χ4n) is 3.79. The Hall–Kier alpha value is -3.50. The molecule has 0 aromatic carbocycles. The predicted molar refractivity (Wildman–Crippen MR) is 128 cm³/mol. The van der Waals surface area contributed by atoms with Gasteiger partial charge >= 0.3 is 6.03 Å². The lowest BCUT2D eigenvalue weighted by Crippen LogP contribution is -2.44. The van der Waals surface area contributed by atoms with Gasteiger partial charge in [-0.25, -0.2) is 23.5 Å². The van der Waals surface area contributed by atoms with Crippen LogP contribution in [0.15, 0.2) is 24.7 Å². The van der Waals surface area contributed by atoms with E-state index in [1.165, 1.54) is 7.11 Å². The van der Waals surface area contributed by atoms with Crippen LogP contribution in [0.2, 0.25) is 0 Å². The summed E-state index contributed by atoms with van der Waals surface area (Å²) in [5.74, 6) is 0.894. The summed E-state index contributed by atoms with van der Waals surface area (Å²) >= 11 is 0. The van der Waals surface area contributed by atoms with Gasteiger partial charge in [-0.2, -0.15) is 0 Å². The van der Waals surface area contributed by atoms with Crippen LogP contribution in [-0.2, 0) is 6.54 Å². The molecule has 0 aliphatic heterocycles. The highest BCUT2D eigenvalue weighted by molar-refractivity contribution is 5.74. The normalized spacial score (nSPS) is 12.1. The third-order valence-corrected chi connectivity index (χ3v) is 5.72. The van der Waals surface area contributed by atoms with Gasteiger partial charge < -0.3 is 24.1 Å². The number of alkyl halides is 2.